The molecule has 1 aromatic carbocycles. The van der Waals surface area contributed by atoms with E-state index < -0.39 is 15.8 Å². The van der Waals surface area contributed by atoms with Gasteiger partial charge in [0.1, 0.15) is 5.82 Å². The second-order valence-electron chi connectivity index (χ2n) is 5.86. The predicted molar refractivity (Wildman–Crippen MR) is 94.2 cm³/mol. The van der Waals surface area contributed by atoms with E-state index in [1.54, 1.807) is 11.3 Å². The summed E-state index contributed by atoms with van der Waals surface area (Å²) in [4.78, 5) is 15.4. The van der Waals surface area contributed by atoms with E-state index in [1.165, 1.54) is 12.1 Å². The number of carbonyl (C=O) groups is 1. The molecule has 0 spiro atoms. The molecule has 1 N–H and O–H groups in total. The van der Waals surface area contributed by atoms with Crippen LogP contribution in [0, 0.1) is 5.82 Å². The number of amides is 1. The summed E-state index contributed by atoms with van der Waals surface area (Å²) >= 11 is 1.63. The molecule has 2 aromatic rings. The van der Waals surface area contributed by atoms with Crippen molar-refractivity contribution in [1.82, 2.24) is 9.62 Å². The smallest absolute Gasteiger partial charge is 0.240 e. The zero-order valence-electron chi connectivity index (χ0n) is 13.5. The monoisotopic (exact) mass is 382 g/mol. The fraction of sp³-hybridized carbons (Fsp3) is 0.353. The minimum Gasteiger partial charge on any atom is -0.335 e. The Balaban J connectivity index is 1.56. The highest BCUT2D eigenvalue weighted by atomic mass is 32.2. The first-order chi connectivity index (χ1) is 12.0. The quantitative estimate of drug-likeness (QED) is 0.835. The van der Waals surface area contributed by atoms with E-state index in [2.05, 4.69) is 4.72 Å². The second-order valence-corrected chi connectivity index (χ2v) is 8.61. The summed E-state index contributed by atoms with van der Waals surface area (Å²) in [5.41, 5.74) is 0. The normalized spacial score (nSPS) is 17.8. The summed E-state index contributed by atoms with van der Waals surface area (Å²) in [5, 5.41) is 1.99. The SMILES string of the molecule is O=C(CCNS(=O)(=O)c1ccc(F)cc1)N1CCCC1c1cccs1. The topological polar surface area (TPSA) is 66.5 Å². The van der Waals surface area contributed by atoms with Gasteiger partial charge in [-0.1, -0.05) is 6.07 Å². The van der Waals surface area contributed by atoms with Gasteiger partial charge in [0.2, 0.25) is 15.9 Å². The Morgan fingerprint density at radius 2 is 2.04 bits per heavy atom. The second kappa shape index (κ2) is 7.63. The van der Waals surface area contributed by atoms with Gasteiger partial charge in [-0.3, -0.25) is 4.79 Å². The maximum absolute atomic E-state index is 12.9. The average molecular weight is 382 g/mol. The highest BCUT2D eigenvalue weighted by Crippen LogP contribution is 2.34. The lowest BCUT2D eigenvalue weighted by molar-refractivity contribution is -0.131. The minimum absolute atomic E-state index is 0.0148. The summed E-state index contributed by atoms with van der Waals surface area (Å²) < 4.78 is 39.6. The molecule has 1 atom stereocenters. The zero-order valence-corrected chi connectivity index (χ0v) is 15.2. The van der Waals surface area contributed by atoms with Crippen LogP contribution in [0.25, 0.3) is 0 Å². The first-order valence-corrected chi connectivity index (χ1v) is 10.4. The van der Waals surface area contributed by atoms with E-state index >= 15 is 0 Å². The van der Waals surface area contributed by atoms with E-state index in [1.807, 2.05) is 22.4 Å². The predicted octanol–water partition coefficient (Wildman–Crippen LogP) is 2.92. The third kappa shape index (κ3) is 4.26. The number of likely N-dealkylation sites (tertiary alicyclic amines) is 1. The van der Waals surface area contributed by atoms with Crippen molar-refractivity contribution in [2.45, 2.75) is 30.2 Å². The number of thiophene rings is 1. The molecule has 25 heavy (non-hydrogen) atoms. The van der Waals surface area contributed by atoms with Gasteiger partial charge >= 0.3 is 0 Å². The van der Waals surface area contributed by atoms with Crippen LogP contribution >= 0.6 is 11.3 Å². The largest absolute Gasteiger partial charge is 0.335 e. The van der Waals surface area contributed by atoms with E-state index in [0.29, 0.717) is 6.54 Å². The van der Waals surface area contributed by atoms with Gasteiger partial charge in [0.25, 0.3) is 0 Å². The third-order valence-corrected chi connectivity index (χ3v) is 6.65. The summed E-state index contributed by atoms with van der Waals surface area (Å²) in [6.07, 6.45) is 1.99. The number of rotatable bonds is 6. The molecule has 3 rings (SSSR count). The lowest BCUT2D eigenvalue weighted by atomic mass is 10.2. The molecule has 1 aliphatic heterocycles. The van der Waals surface area contributed by atoms with Crippen molar-refractivity contribution in [3.05, 3.63) is 52.5 Å². The molecular formula is C17H19FN2O3S2. The van der Waals surface area contributed by atoms with Gasteiger partial charge in [-0.25, -0.2) is 17.5 Å². The van der Waals surface area contributed by atoms with Crippen molar-refractivity contribution in [1.29, 1.82) is 0 Å². The van der Waals surface area contributed by atoms with Crippen molar-refractivity contribution >= 4 is 27.3 Å². The first kappa shape index (κ1) is 18.0. The maximum Gasteiger partial charge on any atom is 0.240 e. The molecule has 8 heteroatoms. The van der Waals surface area contributed by atoms with Crippen LogP contribution in [0.5, 0.6) is 0 Å². The highest BCUT2D eigenvalue weighted by molar-refractivity contribution is 7.89. The summed E-state index contributed by atoms with van der Waals surface area (Å²) in [6, 6.07) is 8.68. The van der Waals surface area contributed by atoms with E-state index in [-0.39, 0.29) is 29.8 Å². The first-order valence-electron chi connectivity index (χ1n) is 8.05. The molecule has 1 aliphatic rings. The Morgan fingerprint density at radius 1 is 1.28 bits per heavy atom. The van der Waals surface area contributed by atoms with Crippen LogP contribution in [-0.2, 0) is 14.8 Å². The fourth-order valence-electron chi connectivity index (χ4n) is 2.97. The van der Waals surface area contributed by atoms with Crippen molar-refractivity contribution < 1.29 is 17.6 Å². The molecule has 1 unspecified atom stereocenters. The van der Waals surface area contributed by atoms with Crippen LogP contribution in [0.3, 0.4) is 0 Å². The minimum atomic E-state index is -3.74. The van der Waals surface area contributed by atoms with Gasteiger partial charge in [-0.05, 0) is 48.6 Å². The summed E-state index contributed by atoms with van der Waals surface area (Å²) in [6.45, 7) is 0.721. The number of benzene rings is 1. The standard InChI is InChI=1S/C17H19FN2O3S2/c18-13-5-7-14(8-6-13)25(22,23)19-10-9-17(21)20-11-1-3-15(20)16-4-2-12-24-16/h2,4-8,12,15,19H,1,3,9-11H2. The van der Waals surface area contributed by atoms with Crippen LogP contribution in [0.2, 0.25) is 0 Å². The molecule has 1 fully saturated rings. The molecule has 0 aliphatic carbocycles. The maximum atomic E-state index is 12.9. The van der Waals surface area contributed by atoms with Crippen molar-refractivity contribution in [3.8, 4) is 0 Å². The zero-order chi connectivity index (χ0) is 17.9. The van der Waals surface area contributed by atoms with Gasteiger partial charge in [-0.2, -0.15) is 0 Å². The van der Waals surface area contributed by atoms with Gasteiger partial charge in [-0.15, -0.1) is 11.3 Å². The van der Waals surface area contributed by atoms with Crippen LogP contribution < -0.4 is 4.72 Å². The Kier molecular flexibility index (Phi) is 5.51. The molecule has 0 saturated carbocycles. The van der Waals surface area contributed by atoms with Crippen LogP contribution in [0.1, 0.15) is 30.2 Å². The fourth-order valence-corrected chi connectivity index (χ4v) is 4.88. The molecule has 5 nitrogen and oxygen atoms in total. The van der Waals surface area contributed by atoms with Crippen molar-refractivity contribution in [2.75, 3.05) is 13.1 Å². The number of hydrogen-bond acceptors (Lipinski definition) is 4. The molecule has 134 valence electrons. The Hall–Kier alpha value is -1.77. The van der Waals surface area contributed by atoms with E-state index in [0.717, 1.165) is 29.9 Å². The van der Waals surface area contributed by atoms with Gasteiger partial charge in [0.05, 0.1) is 10.9 Å². The van der Waals surface area contributed by atoms with E-state index in [4.69, 9.17) is 0 Å². The molecule has 1 saturated heterocycles. The number of nitrogens with one attached hydrogen (secondary N) is 1. The molecule has 0 radical (unpaired) electrons. The Labute approximate surface area is 150 Å². The van der Waals surface area contributed by atoms with Crippen molar-refractivity contribution in [3.63, 3.8) is 0 Å². The number of halogens is 1. The summed E-state index contributed by atoms with van der Waals surface area (Å²) in [5.74, 6) is -0.555. The Bertz CT molecular complexity index is 820. The molecule has 0 bridgehead atoms. The molecule has 2 heterocycles. The van der Waals surface area contributed by atoms with Crippen LogP contribution in [0.15, 0.2) is 46.7 Å². The number of carbonyl (C=O) groups excluding carboxylic acids is 1. The lowest BCUT2D eigenvalue weighted by Gasteiger charge is -2.24. The molecule has 1 amide bonds. The average Bonchev–Trinajstić information content (AvgIpc) is 3.26. The number of nitrogens with zero attached hydrogens (tertiary/aromatic N) is 1. The highest BCUT2D eigenvalue weighted by Gasteiger charge is 2.30. The summed E-state index contributed by atoms with van der Waals surface area (Å²) in [7, 11) is -3.74. The van der Waals surface area contributed by atoms with Gasteiger partial charge in [0.15, 0.2) is 0 Å². The molecular weight excluding hydrogens is 363 g/mol. The van der Waals surface area contributed by atoms with Crippen molar-refractivity contribution in [2.24, 2.45) is 0 Å². The van der Waals surface area contributed by atoms with Crippen LogP contribution in [0.4, 0.5) is 4.39 Å². The number of sulfonamides is 1. The lowest BCUT2D eigenvalue weighted by Crippen LogP contribution is -2.34. The van der Waals surface area contributed by atoms with Gasteiger partial charge < -0.3 is 4.90 Å². The molecule has 1 aromatic heterocycles. The third-order valence-electron chi connectivity index (χ3n) is 4.20. The number of hydrogen-bond donors (Lipinski definition) is 1. The van der Waals surface area contributed by atoms with E-state index in [9.17, 15) is 17.6 Å². The van der Waals surface area contributed by atoms with Gasteiger partial charge in [0, 0.05) is 24.4 Å². The Morgan fingerprint density at radius 3 is 2.72 bits per heavy atom. The van der Waals surface area contributed by atoms with Crippen LogP contribution in [-0.4, -0.2) is 32.3 Å².